The summed E-state index contributed by atoms with van der Waals surface area (Å²) in [4.78, 5) is 11.2. The fourth-order valence-corrected chi connectivity index (χ4v) is 3.43. The van der Waals surface area contributed by atoms with Crippen LogP contribution in [0, 0.1) is 6.92 Å². The topological polar surface area (TPSA) is 76.2 Å². The van der Waals surface area contributed by atoms with Crippen molar-refractivity contribution in [2.45, 2.75) is 33.1 Å². The number of nitrogens with one attached hydrogen (secondary N) is 2. The zero-order valence-corrected chi connectivity index (χ0v) is 16.5. The molecule has 6 heteroatoms. The van der Waals surface area contributed by atoms with E-state index in [1.54, 1.807) is 12.5 Å². The van der Waals surface area contributed by atoms with Crippen LogP contribution in [0.1, 0.15) is 37.4 Å². The molecule has 0 fully saturated rings. The maximum absolute atomic E-state index is 11.2. The number of rotatable bonds is 5. The molecule has 0 bridgehead atoms. The van der Waals surface area contributed by atoms with Gasteiger partial charge in [-0.05, 0) is 31.9 Å². The van der Waals surface area contributed by atoms with Gasteiger partial charge in [-0.3, -0.25) is 9.89 Å². The SMILES string of the molecule is CC(=O)Nc1ccc(-c2n[nH]c(C)c2C2=COC=C(CC3=CC=CCC3)O2)cc1. The molecule has 1 aromatic heterocycles. The van der Waals surface area contributed by atoms with Gasteiger partial charge in [0.1, 0.15) is 24.0 Å². The van der Waals surface area contributed by atoms with Gasteiger partial charge in [0.15, 0.2) is 5.76 Å². The average molecular weight is 389 g/mol. The predicted molar refractivity (Wildman–Crippen MR) is 112 cm³/mol. The van der Waals surface area contributed by atoms with Crippen LogP contribution in [0.15, 0.2) is 66.3 Å². The number of amides is 1. The molecule has 2 heterocycles. The minimum absolute atomic E-state index is 0.102. The maximum Gasteiger partial charge on any atom is 0.221 e. The van der Waals surface area contributed by atoms with E-state index in [-0.39, 0.29) is 5.91 Å². The molecule has 2 aromatic rings. The molecule has 1 aliphatic carbocycles. The number of aryl methyl sites for hydroxylation is 1. The third kappa shape index (κ3) is 4.32. The Morgan fingerprint density at radius 1 is 1.24 bits per heavy atom. The molecule has 2 aliphatic rings. The number of carbonyl (C=O) groups is 1. The molecule has 6 nitrogen and oxygen atoms in total. The smallest absolute Gasteiger partial charge is 0.221 e. The van der Waals surface area contributed by atoms with E-state index >= 15 is 0 Å². The van der Waals surface area contributed by atoms with Gasteiger partial charge in [0.2, 0.25) is 5.91 Å². The highest BCUT2D eigenvalue weighted by molar-refractivity contribution is 5.89. The van der Waals surface area contributed by atoms with Crippen LogP contribution in [-0.2, 0) is 14.3 Å². The Morgan fingerprint density at radius 3 is 2.79 bits per heavy atom. The molecule has 0 spiro atoms. The molecular weight excluding hydrogens is 366 g/mol. The number of H-pyrrole nitrogens is 1. The fraction of sp³-hybridized carbons (Fsp3) is 0.217. The zero-order valence-electron chi connectivity index (χ0n) is 16.5. The van der Waals surface area contributed by atoms with Crippen LogP contribution in [0.2, 0.25) is 0 Å². The van der Waals surface area contributed by atoms with E-state index in [1.807, 2.05) is 31.2 Å². The Bertz CT molecular complexity index is 1040. The van der Waals surface area contributed by atoms with Crippen molar-refractivity contribution in [3.8, 4) is 11.3 Å². The van der Waals surface area contributed by atoms with Gasteiger partial charge in [0, 0.05) is 30.3 Å². The van der Waals surface area contributed by atoms with Crippen molar-refractivity contribution in [3.63, 3.8) is 0 Å². The molecule has 4 rings (SSSR count). The molecule has 1 aliphatic heterocycles. The van der Waals surface area contributed by atoms with Crippen LogP contribution in [0.25, 0.3) is 17.0 Å². The molecule has 2 N–H and O–H groups in total. The predicted octanol–water partition coefficient (Wildman–Crippen LogP) is 5.20. The van der Waals surface area contributed by atoms with Crippen molar-refractivity contribution in [1.82, 2.24) is 10.2 Å². The van der Waals surface area contributed by atoms with E-state index in [0.717, 1.165) is 53.2 Å². The number of benzene rings is 1. The summed E-state index contributed by atoms with van der Waals surface area (Å²) in [6.45, 7) is 3.44. The lowest BCUT2D eigenvalue weighted by Gasteiger charge is -2.19. The monoisotopic (exact) mass is 389 g/mol. The minimum Gasteiger partial charge on any atom is -0.465 e. The number of carbonyl (C=O) groups excluding carboxylic acids is 1. The van der Waals surface area contributed by atoms with E-state index in [4.69, 9.17) is 9.47 Å². The summed E-state index contributed by atoms with van der Waals surface area (Å²) >= 11 is 0. The summed E-state index contributed by atoms with van der Waals surface area (Å²) < 4.78 is 11.8. The summed E-state index contributed by atoms with van der Waals surface area (Å²) in [5.74, 6) is 1.30. The molecular formula is C23H23N3O3. The summed E-state index contributed by atoms with van der Waals surface area (Å²) in [7, 11) is 0. The van der Waals surface area contributed by atoms with Gasteiger partial charge >= 0.3 is 0 Å². The standard InChI is InChI=1S/C23H23N3O3/c1-15-22(21-14-28-13-20(29-21)12-17-6-4-3-5-7-17)23(26-25-15)18-8-10-19(11-9-18)24-16(2)27/h3-4,6,8-11,13-14H,5,7,12H2,1-2H3,(H,24,27)(H,25,26). The summed E-state index contributed by atoms with van der Waals surface area (Å²) in [6.07, 6.45) is 12.5. The molecule has 29 heavy (non-hydrogen) atoms. The number of aromatic nitrogens is 2. The van der Waals surface area contributed by atoms with Gasteiger partial charge in [-0.25, -0.2) is 0 Å². The second-order valence-electron chi connectivity index (χ2n) is 7.10. The third-order valence-electron chi connectivity index (χ3n) is 4.79. The van der Waals surface area contributed by atoms with Gasteiger partial charge in [0.05, 0.1) is 5.56 Å². The lowest BCUT2D eigenvalue weighted by Crippen LogP contribution is -2.05. The number of hydrogen-bond acceptors (Lipinski definition) is 4. The Morgan fingerprint density at radius 2 is 2.07 bits per heavy atom. The highest BCUT2D eigenvalue weighted by Gasteiger charge is 2.22. The van der Waals surface area contributed by atoms with Crippen molar-refractivity contribution < 1.29 is 14.3 Å². The van der Waals surface area contributed by atoms with E-state index in [1.165, 1.54) is 12.5 Å². The molecule has 148 valence electrons. The second kappa shape index (κ2) is 8.22. The van der Waals surface area contributed by atoms with Crippen LogP contribution in [0.5, 0.6) is 0 Å². The first-order chi connectivity index (χ1) is 14.1. The lowest BCUT2D eigenvalue weighted by atomic mass is 10.0. The Labute approximate surface area is 169 Å². The third-order valence-corrected chi connectivity index (χ3v) is 4.79. The van der Waals surface area contributed by atoms with Crippen molar-refractivity contribution in [2.24, 2.45) is 0 Å². The summed E-state index contributed by atoms with van der Waals surface area (Å²) in [5, 5.41) is 10.3. The van der Waals surface area contributed by atoms with Crippen molar-refractivity contribution in [1.29, 1.82) is 0 Å². The molecule has 1 amide bonds. The van der Waals surface area contributed by atoms with Gasteiger partial charge in [-0.2, -0.15) is 5.10 Å². The number of hydrogen-bond donors (Lipinski definition) is 2. The van der Waals surface area contributed by atoms with Crippen molar-refractivity contribution in [3.05, 3.63) is 77.6 Å². The first-order valence-corrected chi connectivity index (χ1v) is 9.60. The number of anilines is 1. The summed E-state index contributed by atoms with van der Waals surface area (Å²) in [6, 6.07) is 7.55. The van der Waals surface area contributed by atoms with Gasteiger partial charge in [-0.15, -0.1) is 0 Å². The molecule has 0 unspecified atom stereocenters. The van der Waals surface area contributed by atoms with E-state index in [0.29, 0.717) is 5.76 Å². The Kier molecular flexibility index (Phi) is 5.33. The lowest BCUT2D eigenvalue weighted by molar-refractivity contribution is -0.114. The van der Waals surface area contributed by atoms with E-state index in [9.17, 15) is 4.79 Å². The van der Waals surface area contributed by atoms with Crippen LogP contribution < -0.4 is 5.32 Å². The van der Waals surface area contributed by atoms with Gasteiger partial charge < -0.3 is 14.8 Å². The molecule has 1 aromatic carbocycles. The quantitative estimate of drug-likeness (QED) is 0.737. The zero-order chi connectivity index (χ0) is 20.2. The van der Waals surface area contributed by atoms with Crippen molar-refractivity contribution >= 4 is 17.4 Å². The molecule has 0 saturated carbocycles. The number of allylic oxidation sites excluding steroid dienone is 4. The molecule has 0 radical (unpaired) electrons. The Hall–Kier alpha value is -3.54. The average Bonchev–Trinajstić information content (AvgIpc) is 3.10. The van der Waals surface area contributed by atoms with E-state index < -0.39 is 0 Å². The number of nitrogens with zero attached hydrogens (tertiary/aromatic N) is 1. The molecule has 0 saturated heterocycles. The van der Waals surface area contributed by atoms with Crippen LogP contribution in [0.3, 0.4) is 0 Å². The largest absolute Gasteiger partial charge is 0.465 e. The number of aromatic amines is 1. The highest BCUT2D eigenvalue weighted by atomic mass is 16.5. The highest BCUT2D eigenvalue weighted by Crippen LogP contribution is 2.35. The second-order valence-corrected chi connectivity index (χ2v) is 7.10. The Balaban J connectivity index is 1.56. The van der Waals surface area contributed by atoms with Crippen LogP contribution in [-0.4, -0.2) is 16.1 Å². The first kappa shape index (κ1) is 18.8. The van der Waals surface area contributed by atoms with Gasteiger partial charge in [0.25, 0.3) is 0 Å². The fourth-order valence-electron chi connectivity index (χ4n) is 3.43. The van der Waals surface area contributed by atoms with Crippen LogP contribution in [0.4, 0.5) is 5.69 Å². The van der Waals surface area contributed by atoms with Crippen LogP contribution >= 0.6 is 0 Å². The first-order valence-electron chi connectivity index (χ1n) is 9.60. The van der Waals surface area contributed by atoms with Gasteiger partial charge in [-0.1, -0.05) is 35.9 Å². The number of ether oxygens (including phenoxy) is 2. The maximum atomic E-state index is 11.2. The summed E-state index contributed by atoms with van der Waals surface area (Å²) in [5.41, 5.74) is 5.50. The normalized spacial score (nSPS) is 15.6. The van der Waals surface area contributed by atoms with Crippen molar-refractivity contribution in [2.75, 3.05) is 5.32 Å². The minimum atomic E-state index is -0.102. The van der Waals surface area contributed by atoms with E-state index in [2.05, 4.69) is 33.7 Å². The molecule has 0 atom stereocenters.